The largest absolute Gasteiger partial charge is 0.474 e. The predicted molar refractivity (Wildman–Crippen MR) is 172 cm³/mol. The number of rotatable bonds is 4. The number of benzene rings is 1. The highest BCUT2D eigenvalue weighted by atomic mass is 19.1. The number of aromatic nitrogens is 2. The van der Waals surface area contributed by atoms with Gasteiger partial charge in [0.05, 0.1) is 25.4 Å². The fraction of sp³-hybridized carbons (Fsp3) is 0.485. The third-order valence-electron chi connectivity index (χ3n) is 7.37. The lowest BCUT2D eigenvalue weighted by atomic mass is 9.96. The van der Waals surface area contributed by atoms with Crippen LogP contribution in [-0.2, 0) is 18.9 Å². The highest BCUT2D eigenvalue weighted by Crippen LogP contribution is 2.42. The van der Waals surface area contributed by atoms with Crippen molar-refractivity contribution < 1.29 is 42.5 Å². The van der Waals surface area contributed by atoms with Crippen LogP contribution in [-0.4, -0.2) is 71.9 Å². The summed E-state index contributed by atoms with van der Waals surface area (Å²) in [6.45, 7) is 15.2. The molecule has 5 rings (SSSR count). The molecule has 3 amide bonds. The molecule has 0 radical (unpaired) electrons. The van der Waals surface area contributed by atoms with Crippen molar-refractivity contribution in [3.05, 3.63) is 35.9 Å². The Morgan fingerprint density at radius 1 is 0.957 bits per heavy atom. The van der Waals surface area contributed by atoms with Gasteiger partial charge < -0.3 is 23.7 Å². The maximum absolute atomic E-state index is 16.6. The maximum Gasteiger partial charge on any atom is 0.415 e. The number of nitrogens with zero attached hydrogens (tertiary/aromatic N) is 3. The van der Waals surface area contributed by atoms with E-state index in [1.54, 1.807) is 54.5 Å². The SMILES string of the molecule is Cc1c(-c2cc3cc(NC(=O)OC4COC[C@@H]4C)ncc3c(NC(=O)OC(C)(C)C)c2F)cnc2c1N(C(=O)OC(C)(C)C)CCO2. The molecule has 0 aliphatic carbocycles. The Balaban J connectivity index is 1.59. The molecule has 1 saturated heterocycles. The lowest BCUT2D eigenvalue weighted by Crippen LogP contribution is -2.42. The summed E-state index contributed by atoms with van der Waals surface area (Å²) in [5, 5.41) is 5.82. The van der Waals surface area contributed by atoms with Gasteiger partial charge in [0, 0.05) is 34.8 Å². The van der Waals surface area contributed by atoms with Gasteiger partial charge in [0.2, 0.25) is 5.88 Å². The Labute approximate surface area is 272 Å². The Hall–Kier alpha value is -4.72. The van der Waals surface area contributed by atoms with Crippen LogP contribution < -0.4 is 20.3 Å². The van der Waals surface area contributed by atoms with Crippen LogP contribution in [0.25, 0.3) is 21.9 Å². The van der Waals surface area contributed by atoms with Crippen molar-refractivity contribution >= 4 is 46.2 Å². The number of anilines is 3. The first-order chi connectivity index (χ1) is 22.0. The van der Waals surface area contributed by atoms with E-state index in [1.807, 2.05) is 6.92 Å². The molecular weight excluding hydrogens is 613 g/mol. The number of nitrogens with one attached hydrogen (secondary N) is 2. The van der Waals surface area contributed by atoms with Crippen LogP contribution in [0.1, 0.15) is 54.0 Å². The maximum atomic E-state index is 16.6. The molecule has 1 fully saturated rings. The van der Waals surface area contributed by atoms with E-state index in [2.05, 4.69) is 20.6 Å². The molecular formula is C33H40FN5O8. The molecule has 14 heteroatoms. The van der Waals surface area contributed by atoms with E-state index in [4.69, 9.17) is 23.7 Å². The van der Waals surface area contributed by atoms with E-state index in [1.165, 1.54) is 23.4 Å². The second-order valence-corrected chi connectivity index (χ2v) is 13.5. The molecule has 1 unspecified atom stereocenters. The number of ether oxygens (including phenoxy) is 5. The van der Waals surface area contributed by atoms with Gasteiger partial charge in [-0.15, -0.1) is 0 Å². The third kappa shape index (κ3) is 7.64. The number of hydrogen-bond donors (Lipinski definition) is 2. The topological polar surface area (TPSA) is 150 Å². The van der Waals surface area contributed by atoms with Gasteiger partial charge in [-0.1, -0.05) is 6.92 Å². The van der Waals surface area contributed by atoms with Gasteiger partial charge in [-0.05, 0) is 71.5 Å². The van der Waals surface area contributed by atoms with E-state index in [0.29, 0.717) is 35.4 Å². The molecule has 252 valence electrons. The minimum absolute atomic E-state index is 0.0439. The molecule has 3 aromatic rings. The zero-order valence-corrected chi connectivity index (χ0v) is 27.8. The highest BCUT2D eigenvalue weighted by molar-refractivity contribution is 6.05. The summed E-state index contributed by atoms with van der Waals surface area (Å²) in [4.78, 5) is 48.8. The summed E-state index contributed by atoms with van der Waals surface area (Å²) < 4.78 is 44.2. The molecule has 47 heavy (non-hydrogen) atoms. The Morgan fingerprint density at radius 3 is 2.34 bits per heavy atom. The number of fused-ring (bicyclic) bond motifs is 2. The molecule has 0 bridgehead atoms. The van der Waals surface area contributed by atoms with Gasteiger partial charge in [-0.25, -0.2) is 28.7 Å². The van der Waals surface area contributed by atoms with Crippen molar-refractivity contribution in [3.8, 4) is 17.0 Å². The monoisotopic (exact) mass is 653 g/mol. The standard InChI is InChI=1S/C33H40FN5O8/c1-17-15-43-16-23(17)45-29(40)37-24-12-19-11-20(25(34)26(22(19)14-35-24)38-30(41)46-32(3,4)5)21-13-36-28-27(18(21)2)39(9-10-44-28)31(42)47-33(6,7)8/h11-14,17,23H,9-10,15-16H2,1-8H3,(H,38,41)(H,35,37,40)/t17-,23?/m0/s1. The first kappa shape index (κ1) is 33.6. The summed E-state index contributed by atoms with van der Waals surface area (Å²) >= 11 is 0. The van der Waals surface area contributed by atoms with Gasteiger partial charge >= 0.3 is 18.3 Å². The van der Waals surface area contributed by atoms with Crippen molar-refractivity contribution in [2.24, 2.45) is 5.92 Å². The Kier molecular flexibility index (Phi) is 9.18. The van der Waals surface area contributed by atoms with Gasteiger partial charge in [-0.2, -0.15) is 0 Å². The van der Waals surface area contributed by atoms with Crippen molar-refractivity contribution in [3.63, 3.8) is 0 Å². The summed E-state index contributed by atoms with van der Waals surface area (Å²) in [6, 6.07) is 3.08. The lowest BCUT2D eigenvalue weighted by Gasteiger charge is -2.32. The molecule has 2 atom stereocenters. The Morgan fingerprint density at radius 2 is 1.68 bits per heavy atom. The highest BCUT2D eigenvalue weighted by Gasteiger charge is 2.33. The van der Waals surface area contributed by atoms with Crippen LogP contribution in [0, 0.1) is 18.7 Å². The summed E-state index contributed by atoms with van der Waals surface area (Å²) in [6.07, 6.45) is 0.189. The van der Waals surface area contributed by atoms with Gasteiger partial charge in [0.15, 0.2) is 5.82 Å². The van der Waals surface area contributed by atoms with Crippen molar-refractivity contribution in [1.82, 2.24) is 9.97 Å². The van der Waals surface area contributed by atoms with Gasteiger partial charge in [-0.3, -0.25) is 15.5 Å². The molecule has 2 N–H and O–H groups in total. The fourth-order valence-electron chi connectivity index (χ4n) is 5.24. The van der Waals surface area contributed by atoms with Gasteiger partial charge in [0.25, 0.3) is 0 Å². The molecule has 0 spiro atoms. The molecule has 2 aliphatic rings. The summed E-state index contributed by atoms with van der Waals surface area (Å²) in [5.41, 5.74) is -0.576. The second-order valence-electron chi connectivity index (χ2n) is 13.5. The van der Waals surface area contributed by atoms with Crippen molar-refractivity contribution in [1.29, 1.82) is 0 Å². The minimum atomic E-state index is -0.877. The summed E-state index contributed by atoms with van der Waals surface area (Å²) in [5.74, 6) is -0.402. The third-order valence-corrected chi connectivity index (χ3v) is 7.37. The van der Waals surface area contributed by atoms with E-state index in [-0.39, 0.29) is 47.4 Å². The van der Waals surface area contributed by atoms with Crippen LogP contribution in [0.4, 0.5) is 36.0 Å². The van der Waals surface area contributed by atoms with Crippen LogP contribution in [0.5, 0.6) is 5.88 Å². The number of carbonyl (C=O) groups is 3. The van der Waals surface area contributed by atoms with Crippen LogP contribution >= 0.6 is 0 Å². The molecule has 2 aromatic heterocycles. The number of carbonyl (C=O) groups excluding carboxylic acids is 3. The van der Waals surface area contributed by atoms with Crippen molar-refractivity contribution in [2.75, 3.05) is 41.9 Å². The van der Waals surface area contributed by atoms with E-state index >= 15 is 4.39 Å². The van der Waals surface area contributed by atoms with Crippen LogP contribution in [0.2, 0.25) is 0 Å². The average Bonchev–Trinajstić information content (AvgIpc) is 3.36. The fourth-order valence-corrected chi connectivity index (χ4v) is 5.24. The zero-order chi connectivity index (χ0) is 34.3. The minimum Gasteiger partial charge on any atom is -0.474 e. The molecule has 2 aliphatic heterocycles. The van der Waals surface area contributed by atoms with E-state index in [9.17, 15) is 14.4 Å². The first-order valence-electron chi connectivity index (χ1n) is 15.3. The molecule has 1 aromatic carbocycles. The quantitative estimate of drug-likeness (QED) is 0.288. The smallest absolute Gasteiger partial charge is 0.415 e. The lowest BCUT2D eigenvalue weighted by molar-refractivity contribution is 0.0564. The number of halogens is 1. The van der Waals surface area contributed by atoms with E-state index < -0.39 is 41.4 Å². The zero-order valence-electron chi connectivity index (χ0n) is 27.8. The molecule has 0 saturated carbocycles. The Bertz CT molecular complexity index is 1720. The number of pyridine rings is 2. The van der Waals surface area contributed by atoms with Crippen molar-refractivity contribution in [2.45, 2.75) is 72.7 Å². The predicted octanol–water partition coefficient (Wildman–Crippen LogP) is 6.81. The number of amides is 3. The van der Waals surface area contributed by atoms with E-state index in [0.717, 1.165) is 0 Å². The first-order valence-corrected chi connectivity index (χ1v) is 15.3. The van der Waals surface area contributed by atoms with Gasteiger partial charge in [0.1, 0.15) is 35.4 Å². The average molecular weight is 654 g/mol. The molecule has 13 nitrogen and oxygen atoms in total. The summed E-state index contributed by atoms with van der Waals surface area (Å²) in [7, 11) is 0. The second kappa shape index (κ2) is 12.8. The molecule has 4 heterocycles. The van der Waals surface area contributed by atoms with Crippen LogP contribution in [0.15, 0.2) is 24.5 Å². The number of hydrogen-bond acceptors (Lipinski definition) is 10. The van der Waals surface area contributed by atoms with Crippen LogP contribution in [0.3, 0.4) is 0 Å². The normalized spacial score (nSPS) is 17.9.